The molecule has 9 atom stereocenters. The summed E-state index contributed by atoms with van der Waals surface area (Å²) < 4.78 is 0. The molecule has 1 aliphatic heterocycles. The third kappa shape index (κ3) is 2.31. The van der Waals surface area contributed by atoms with Crippen LogP contribution in [-0.2, 0) is 0 Å². The zero-order valence-electron chi connectivity index (χ0n) is 20.6. The molecule has 5 fully saturated rings. The molecule has 5 rings (SSSR count). The molecule has 29 heavy (non-hydrogen) atoms. The number of nitrogens with zero attached hydrogens (tertiary/aromatic N) is 1. The summed E-state index contributed by atoms with van der Waals surface area (Å²) in [5.41, 5.74) is 2.48. The predicted octanol–water partition coefficient (Wildman–Crippen LogP) is 6.15. The molecule has 5 aliphatic rings. The minimum Gasteiger partial charge on any atom is -0.316 e. The molecule has 0 radical (unpaired) electrons. The predicted molar refractivity (Wildman–Crippen MR) is 127 cm³/mol. The van der Waals surface area contributed by atoms with Gasteiger partial charge in [0.05, 0.1) is 0 Å². The lowest BCUT2D eigenvalue weighted by Gasteiger charge is -2.63. The van der Waals surface area contributed by atoms with Gasteiger partial charge in [0.1, 0.15) is 0 Å². The molecule has 1 saturated heterocycles. The van der Waals surface area contributed by atoms with Crippen molar-refractivity contribution < 1.29 is 0 Å². The molecular weight excluding hydrogens is 371 g/mol. The van der Waals surface area contributed by atoms with Crippen molar-refractivity contribution >= 4 is 7.92 Å². The molecule has 4 aliphatic carbocycles. The fraction of sp³-hybridized carbons (Fsp3) is 1.00. The summed E-state index contributed by atoms with van der Waals surface area (Å²) >= 11 is 0. The molecule has 2 nitrogen and oxygen atoms in total. The van der Waals surface area contributed by atoms with Gasteiger partial charge in [0, 0.05) is 11.8 Å². The quantitative estimate of drug-likeness (QED) is 0.553. The van der Waals surface area contributed by atoms with E-state index in [9.17, 15) is 0 Å². The summed E-state index contributed by atoms with van der Waals surface area (Å²) in [6, 6.07) is 0.719. The number of fused-ring (bicyclic) bond motifs is 2. The first kappa shape index (κ1) is 21.2. The van der Waals surface area contributed by atoms with Crippen molar-refractivity contribution in [2.75, 3.05) is 27.3 Å². The van der Waals surface area contributed by atoms with Gasteiger partial charge in [-0.15, -0.1) is 0 Å². The fourth-order valence-corrected chi connectivity index (χ4v) is 14.7. The van der Waals surface area contributed by atoms with E-state index in [0.29, 0.717) is 26.8 Å². The molecule has 1 N–H and O–H groups in total. The van der Waals surface area contributed by atoms with Crippen molar-refractivity contribution in [3.8, 4) is 0 Å². The largest absolute Gasteiger partial charge is 0.316 e. The van der Waals surface area contributed by atoms with Crippen LogP contribution in [0.2, 0.25) is 0 Å². The number of rotatable bonds is 3. The molecule has 0 bridgehead atoms. The third-order valence-electron chi connectivity index (χ3n) is 12.4. The highest BCUT2D eigenvalue weighted by molar-refractivity contribution is 7.60. The molecule has 0 aromatic rings. The number of nitrogens with one attached hydrogen (secondary N) is 1. The van der Waals surface area contributed by atoms with Crippen LogP contribution in [0.3, 0.4) is 0 Å². The molecule has 0 aromatic heterocycles. The molecule has 2 spiro atoms. The van der Waals surface area contributed by atoms with Gasteiger partial charge in [-0.3, -0.25) is 0 Å². The Morgan fingerprint density at radius 3 is 2.21 bits per heavy atom. The lowest BCUT2D eigenvalue weighted by Crippen LogP contribution is -2.59. The molecule has 8 unspecified atom stereocenters. The van der Waals surface area contributed by atoms with Crippen molar-refractivity contribution in [1.29, 1.82) is 0 Å². The van der Waals surface area contributed by atoms with Gasteiger partial charge in [0.15, 0.2) is 0 Å². The van der Waals surface area contributed by atoms with Crippen molar-refractivity contribution in [2.24, 2.45) is 33.5 Å². The highest BCUT2D eigenvalue weighted by Crippen LogP contribution is 2.90. The maximum atomic E-state index is 3.71. The lowest BCUT2D eigenvalue weighted by atomic mass is 9.44. The summed E-state index contributed by atoms with van der Waals surface area (Å²) in [4.78, 5) is 2.53. The van der Waals surface area contributed by atoms with Gasteiger partial charge in [0.25, 0.3) is 0 Å². The van der Waals surface area contributed by atoms with Crippen LogP contribution in [0.5, 0.6) is 0 Å². The SMILES string of the molecule is CNC1CCC23CC24CCC2(C)P(C(C)N(C)C)CC[C@@]2(C)C4CCC3C1(C)C. The van der Waals surface area contributed by atoms with Crippen molar-refractivity contribution in [3.63, 3.8) is 0 Å². The molecule has 0 amide bonds. The molecule has 0 aromatic carbocycles. The van der Waals surface area contributed by atoms with E-state index in [2.05, 4.69) is 66.0 Å². The van der Waals surface area contributed by atoms with E-state index in [1.807, 2.05) is 0 Å². The second-order valence-corrected chi connectivity index (χ2v) is 16.2. The Bertz CT molecular complexity index is 690. The van der Waals surface area contributed by atoms with Crippen LogP contribution in [0, 0.1) is 33.5 Å². The summed E-state index contributed by atoms with van der Waals surface area (Å²) in [5.74, 6) is 2.74. The third-order valence-corrected chi connectivity index (χ3v) is 16.4. The molecular formula is C26H47N2P. The smallest absolute Gasteiger partial charge is 0.0267 e. The number of hydrogen-bond donors (Lipinski definition) is 1. The highest BCUT2D eigenvalue weighted by Gasteiger charge is 2.82. The Morgan fingerprint density at radius 1 is 0.897 bits per heavy atom. The van der Waals surface area contributed by atoms with Gasteiger partial charge < -0.3 is 10.2 Å². The van der Waals surface area contributed by atoms with E-state index in [0.717, 1.165) is 23.7 Å². The maximum absolute atomic E-state index is 3.71. The van der Waals surface area contributed by atoms with Crippen molar-refractivity contribution in [2.45, 2.75) is 103 Å². The van der Waals surface area contributed by atoms with Gasteiger partial charge in [-0.2, -0.15) is 0 Å². The average molecular weight is 419 g/mol. The Kier molecular flexibility index (Phi) is 4.56. The Balaban J connectivity index is 1.49. The van der Waals surface area contributed by atoms with E-state index in [-0.39, 0.29) is 7.92 Å². The van der Waals surface area contributed by atoms with Crippen LogP contribution in [0.15, 0.2) is 0 Å². The zero-order valence-corrected chi connectivity index (χ0v) is 21.5. The zero-order chi connectivity index (χ0) is 21.0. The minimum atomic E-state index is 0.0955. The first-order valence-corrected chi connectivity index (χ1v) is 14.2. The first-order valence-electron chi connectivity index (χ1n) is 12.6. The van der Waals surface area contributed by atoms with Crippen LogP contribution >= 0.6 is 7.92 Å². The summed E-state index contributed by atoms with van der Waals surface area (Å²) in [5, 5.41) is 4.32. The van der Waals surface area contributed by atoms with Crippen molar-refractivity contribution in [1.82, 2.24) is 10.2 Å². The Morgan fingerprint density at radius 2 is 1.55 bits per heavy atom. The second-order valence-electron chi connectivity index (χ2n) is 13.1. The van der Waals surface area contributed by atoms with E-state index in [1.165, 1.54) is 44.7 Å². The highest BCUT2D eigenvalue weighted by atomic mass is 31.1. The van der Waals surface area contributed by atoms with Gasteiger partial charge >= 0.3 is 0 Å². The normalized spacial score (nSPS) is 56.2. The van der Waals surface area contributed by atoms with Crippen LogP contribution in [-0.4, -0.2) is 49.2 Å². The van der Waals surface area contributed by atoms with Crippen LogP contribution in [0.1, 0.15) is 86.0 Å². The Labute approximate surface area is 182 Å². The van der Waals surface area contributed by atoms with Gasteiger partial charge in [-0.1, -0.05) is 35.6 Å². The molecule has 4 saturated carbocycles. The maximum Gasteiger partial charge on any atom is 0.0267 e. The fourth-order valence-electron chi connectivity index (χ4n) is 10.4. The molecule has 3 heteroatoms. The Hall–Kier alpha value is 0.350. The van der Waals surface area contributed by atoms with Gasteiger partial charge in [-0.25, -0.2) is 0 Å². The first-order chi connectivity index (χ1) is 13.5. The second kappa shape index (κ2) is 6.23. The van der Waals surface area contributed by atoms with Crippen LogP contribution < -0.4 is 5.32 Å². The monoisotopic (exact) mass is 418 g/mol. The van der Waals surface area contributed by atoms with Crippen LogP contribution in [0.25, 0.3) is 0 Å². The summed E-state index contributed by atoms with van der Waals surface area (Å²) in [6.45, 7) is 13.3. The summed E-state index contributed by atoms with van der Waals surface area (Å²) in [7, 11) is 6.94. The van der Waals surface area contributed by atoms with Gasteiger partial charge in [0.2, 0.25) is 0 Å². The number of hydrogen-bond acceptors (Lipinski definition) is 2. The summed E-state index contributed by atoms with van der Waals surface area (Å²) in [6.07, 6.45) is 13.7. The topological polar surface area (TPSA) is 15.3 Å². The van der Waals surface area contributed by atoms with Gasteiger partial charge in [-0.05, 0) is 124 Å². The minimum absolute atomic E-state index is 0.0955. The molecule has 1 heterocycles. The lowest BCUT2D eigenvalue weighted by molar-refractivity contribution is -0.102. The molecule has 166 valence electrons. The standard InChI is InChI=1S/C26H47N2P/c1-18(28(7)8)29-16-15-23(4)20-10-9-19-22(2,3)21(27-6)11-12-25(19)17-26(20,25)14-13-24(23,29)5/h18-21,27H,9-17H2,1-8H3/t18?,19?,20?,21?,23-,24?,25?,26?,29?/m0/s1. The van der Waals surface area contributed by atoms with Crippen molar-refractivity contribution in [3.05, 3.63) is 0 Å². The van der Waals surface area contributed by atoms with E-state index in [1.54, 1.807) is 12.8 Å². The van der Waals surface area contributed by atoms with E-state index < -0.39 is 0 Å². The average Bonchev–Trinajstić information content (AvgIpc) is 3.24. The van der Waals surface area contributed by atoms with E-state index in [4.69, 9.17) is 0 Å². The van der Waals surface area contributed by atoms with Crippen LogP contribution in [0.4, 0.5) is 0 Å². The van der Waals surface area contributed by atoms with E-state index >= 15 is 0 Å².